The van der Waals surface area contributed by atoms with Crippen molar-refractivity contribution in [3.8, 4) is 0 Å². The number of aromatic nitrogens is 3. The van der Waals surface area contributed by atoms with E-state index in [1.165, 1.54) is 17.8 Å². The van der Waals surface area contributed by atoms with Gasteiger partial charge in [-0.15, -0.1) is 0 Å². The molecule has 0 saturated heterocycles. The quantitative estimate of drug-likeness (QED) is 0.395. The molecule has 7 nitrogen and oxygen atoms in total. The van der Waals surface area contributed by atoms with Crippen LogP contribution in [-0.2, 0) is 6.54 Å². The van der Waals surface area contributed by atoms with Crippen molar-refractivity contribution >= 4 is 22.1 Å². The van der Waals surface area contributed by atoms with Gasteiger partial charge in [-0.05, 0) is 24.6 Å². The number of nitrogens with one attached hydrogen (secondary N) is 1. The van der Waals surface area contributed by atoms with E-state index in [0.717, 1.165) is 16.6 Å². The number of fused-ring (bicyclic) bond motifs is 1. The lowest BCUT2D eigenvalue weighted by molar-refractivity contribution is -0.383. The summed E-state index contributed by atoms with van der Waals surface area (Å²) in [5.41, 5.74) is 3.10. The van der Waals surface area contributed by atoms with Crippen molar-refractivity contribution in [1.82, 2.24) is 14.8 Å². The number of pyridine rings is 1. The Morgan fingerprint density at radius 3 is 2.71 bits per heavy atom. The minimum atomic E-state index is -0.384. The van der Waals surface area contributed by atoms with Crippen molar-refractivity contribution in [1.29, 1.82) is 0 Å². The van der Waals surface area contributed by atoms with Gasteiger partial charge in [-0.1, -0.05) is 30.3 Å². The average Bonchev–Trinajstić information content (AvgIpc) is 3.17. The highest BCUT2D eigenvalue weighted by molar-refractivity contribution is 5.99. The van der Waals surface area contributed by atoms with E-state index >= 15 is 0 Å². The maximum Gasteiger partial charge on any atom is 0.278 e. The number of nitrogens with zero attached hydrogens (tertiary/aromatic N) is 4. The van der Waals surface area contributed by atoms with Gasteiger partial charge in [0.1, 0.15) is 0 Å². The molecule has 2 aromatic carbocycles. The number of anilines is 1. The summed E-state index contributed by atoms with van der Waals surface area (Å²) in [5.74, 6) is 0. The van der Waals surface area contributed by atoms with Crippen LogP contribution in [-0.4, -0.2) is 19.7 Å². The molecule has 2 heterocycles. The van der Waals surface area contributed by atoms with Crippen LogP contribution in [0.3, 0.4) is 0 Å². The topological polar surface area (TPSA) is 85.9 Å². The lowest BCUT2D eigenvalue weighted by atomic mass is 10.1. The molecule has 0 fully saturated rings. The van der Waals surface area contributed by atoms with Gasteiger partial charge < -0.3 is 5.32 Å². The summed E-state index contributed by atoms with van der Waals surface area (Å²) in [6, 6.07) is 15.2. The zero-order chi connectivity index (χ0) is 19.5. The van der Waals surface area contributed by atoms with Crippen molar-refractivity contribution in [2.45, 2.75) is 19.5 Å². The Balaban J connectivity index is 1.57. The number of nitro benzene ring substituents is 1. The highest BCUT2D eigenvalue weighted by Gasteiger charge is 2.16. The summed E-state index contributed by atoms with van der Waals surface area (Å²) >= 11 is 0. The smallest absolute Gasteiger partial charge is 0.278 e. The Kier molecular flexibility index (Phi) is 4.72. The monoisotopic (exact) mass is 373 g/mol. The third-order valence-corrected chi connectivity index (χ3v) is 4.70. The third-order valence-electron chi connectivity index (χ3n) is 4.70. The van der Waals surface area contributed by atoms with Crippen LogP contribution in [0.4, 0.5) is 11.4 Å². The second-order valence-corrected chi connectivity index (χ2v) is 6.63. The Morgan fingerprint density at radius 1 is 1.11 bits per heavy atom. The predicted molar refractivity (Wildman–Crippen MR) is 108 cm³/mol. The molecule has 0 saturated carbocycles. The van der Waals surface area contributed by atoms with Crippen LogP contribution < -0.4 is 5.32 Å². The van der Waals surface area contributed by atoms with Crippen LogP contribution in [0.2, 0.25) is 0 Å². The minimum absolute atomic E-state index is 0.0117. The van der Waals surface area contributed by atoms with Crippen LogP contribution in [0.5, 0.6) is 0 Å². The SMILES string of the molecule is CC(Nc1ccc([N+](=O)[O-])c2cnccc12)c1cnn(Cc2ccccc2)c1. The van der Waals surface area contributed by atoms with Crippen LogP contribution in [0.15, 0.2) is 73.3 Å². The van der Waals surface area contributed by atoms with E-state index in [-0.39, 0.29) is 16.7 Å². The molecule has 0 amide bonds. The molecule has 1 N–H and O–H groups in total. The van der Waals surface area contributed by atoms with Gasteiger partial charge in [0.2, 0.25) is 0 Å². The van der Waals surface area contributed by atoms with Gasteiger partial charge >= 0.3 is 0 Å². The van der Waals surface area contributed by atoms with Gasteiger partial charge in [-0.25, -0.2) is 0 Å². The van der Waals surface area contributed by atoms with Gasteiger partial charge in [-0.3, -0.25) is 19.8 Å². The fraction of sp³-hybridized carbons (Fsp3) is 0.143. The minimum Gasteiger partial charge on any atom is -0.378 e. The summed E-state index contributed by atoms with van der Waals surface area (Å²) in [5, 5.41) is 20.5. The van der Waals surface area contributed by atoms with E-state index in [4.69, 9.17) is 0 Å². The van der Waals surface area contributed by atoms with E-state index < -0.39 is 0 Å². The van der Waals surface area contributed by atoms with Crippen molar-refractivity contribution in [2.24, 2.45) is 0 Å². The number of benzene rings is 2. The first-order chi connectivity index (χ1) is 13.6. The van der Waals surface area contributed by atoms with Crippen LogP contribution in [0.1, 0.15) is 24.1 Å². The molecule has 0 spiro atoms. The molecule has 4 aromatic rings. The first-order valence-electron chi connectivity index (χ1n) is 8.96. The first-order valence-corrected chi connectivity index (χ1v) is 8.96. The molecule has 4 rings (SSSR count). The fourth-order valence-corrected chi connectivity index (χ4v) is 3.24. The van der Waals surface area contributed by atoms with Crippen LogP contribution in [0, 0.1) is 10.1 Å². The highest BCUT2D eigenvalue weighted by Crippen LogP contribution is 2.32. The van der Waals surface area contributed by atoms with Gasteiger partial charge in [-0.2, -0.15) is 5.10 Å². The summed E-state index contributed by atoms with van der Waals surface area (Å²) < 4.78 is 1.90. The summed E-state index contributed by atoms with van der Waals surface area (Å²) in [6.45, 7) is 2.75. The van der Waals surface area contributed by atoms with Crippen molar-refractivity contribution < 1.29 is 4.92 Å². The molecule has 0 aliphatic carbocycles. The molecular formula is C21H19N5O2. The molecule has 1 unspecified atom stereocenters. The molecule has 28 heavy (non-hydrogen) atoms. The van der Waals surface area contributed by atoms with Crippen LogP contribution in [0.25, 0.3) is 10.8 Å². The lowest BCUT2D eigenvalue weighted by Gasteiger charge is -2.15. The van der Waals surface area contributed by atoms with Gasteiger partial charge in [0, 0.05) is 41.3 Å². The average molecular weight is 373 g/mol. The number of non-ortho nitro benzene ring substituents is 1. The maximum atomic E-state index is 11.3. The highest BCUT2D eigenvalue weighted by atomic mass is 16.6. The molecule has 140 valence electrons. The van der Waals surface area contributed by atoms with Gasteiger partial charge in [0.05, 0.1) is 29.1 Å². The maximum absolute atomic E-state index is 11.3. The number of hydrogen-bond donors (Lipinski definition) is 1. The number of nitro groups is 1. The fourth-order valence-electron chi connectivity index (χ4n) is 3.24. The predicted octanol–water partition coefficient (Wildman–Crippen LogP) is 4.56. The van der Waals surface area contributed by atoms with E-state index in [2.05, 4.69) is 27.5 Å². The molecule has 2 aromatic heterocycles. The zero-order valence-corrected chi connectivity index (χ0v) is 15.3. The molecular weight excluding hydrogens is 354 g/mol. The summed E-state index contributed by atoms with van der Waals surface area (Å²) in [4.78, 5) is 14.9. The van der Waals surface area contributed by atoms with Gasteiger partial charge in [0.25, 0.3) is 5.69 Å². The Labute approximate surface area is 161 Å². The Morgan fingerprint density at radius 2 is 1.93 bits per heavy atom. The normalized spacial score (nSPS) is 12.0. The van der Waals surface area contributed by atoms with Gasteiger partial charge in [0.15, 0.2) is 0 Å². The van der Waals surface area contributed by atoms with Crippen LogP contribution >= 0.6 is 0 Å². The van der Waals surface area contributed by atoms with Crippen molar-refractivity contribution in [2.75, 3.05) is 5.32 Å². The summed E-state index contributed by atoms with van der Waals surface area (Å²) in [7, 11) is 0. The molecule has 0 aliphatic heterocycles. The summed E-state index contributed by atoms with van der Waals surface area (Å²) in [6.07, 6.45) is 7.02. The molecule has 0 aliphatic rings. The zero-order valence-electron chi connectivity index (χ0n) is 15.3. The van der Waals surface area contributed by atoms with E-state index in [0.29, 0.717) is 11.9 Å². The second kappa shape index (κ2) is 7.48. The molecule has 7 heteroatoms. The molecule has 0 radical (unpaired) electrons. The molecule has 1 atom stereocenters. The van der Waals surface area contributed by atoms with E-state index in [1.54, 1.807) is 18.3 Å². The number of hydrogen-bond acceptors (Lipinski definition) is 5. The second-order valence-electron chi connectivity index (χ2n) is 6.63. The van der Waals surface area contributed by atoms with E-state index in [9.17, 15) is 10.1 Å². The Bertz CT molecular complexity index is 1120. The van der Waals surface area contributed by atoms with Crippen molar-refractivity contribution in [3.63, 3.8) is 0 Å². The van der Waals surface area contributed by atoms with E-state index in [1.807, 2.05) is 42.2 Å². The number of rotatable bonds is 6. The first kappa shape index (κ1) is 17.7. The third kappa shape index (κ3) is 3.55. The molecule has 0 bridgehead atoms. The Hall–Kier alpha value is -3.74. The standard InChI is InChI=1S/C21H19N5O2/c1-15(17-11-23-25(14-17)13-16-5-3-2-4-6-16)24-20-7-8-21(26(27)28)19-12-22-10-9-18(19)20/h2-12,14-15,24H,13H2,1H3. The van der Waals surface area contributed by atoms with Crippen molar-refractivity contribution in [3.05, 3.63) is 94.6 Å². The lowest BCUT2D eigenvalue weighted by Crippen LogP contribution is -2.07. The largest absolute Gasteiger partial charge is 0.378 e.